The first-order valence-corrected chi connectivity index (χ1v) is 10.6. The Morgan fingerprint density at radius 2 is 1.82 bits per heavy atom. The van der Waals surface area contributed by atoms with Gasteiger partial charge in [-0.15, -0.1) is 0 Å². The second-order valence-electron chi connectivity index (χ2n) is 8.03. The Morgan fingerprint density at radius 1 is 1.00 bits per heavy atom. The number of hydrogen-bond acceptors (Lipinski definition) is 7. The molecule has 0 unspecified atom stereocenters. The molecule has 2 aliphatic rings. The van der Waals surface area contributed by atoms with E-state index in [1.165, 1.54) is 37.6 Å². The van der Waals surface area contributed by atoms with Crippen LogP contribution in [0.2, 0.25) is 0 Å². The number of rotatable bonds is 3. The zero-order valence-corrected chi connectivity index (χ0v) is 17.9. The number of ether oxygens (including phenoxy) is 4. The highest BCUT2D eigenvalue weighted by molar-refractivity contribution is 5.90. The fourth-order valence-corrected chi connectivity index (χ4v) is 4.52. The normalized spacial score (nSPS) is 16.3. The molecule has 1 aromatic heterocycles. The third-order valence-electron chi connectivity index (χ3n) is 6.12. The Bertz CT molecular complexity index is 1520. The van der Waals surface area contributed by atoms with Crippen LogP contribution in [0.25, 0.3) is 22.1 Å². The molecule has 0 saturated carbocycles. The predicted octanol–water partition coefficient (Wildman–Crippen LogP) is 4.78. The summed E-state index contributed by atoms with van der Waals surface area (Å²) in [7, 11) is 1.52. The van der Waals surface area contributed by atoms with E-state index in [4.69, 9.17) is 23.4 Å². The van der Waals surface area contributed by atoms with Gasteiger partial charge in [-0.05, 0) is 47.5 Å². The molecule has 6 rings (SSSR count). The highest BCUT2D eigenvalue weighted by atomic mass is 19.1. The minimum atomic E-state index is -0.469. The van der Waals surface area contributed by atoms with Crippen molar-refractivity contribution in [3.63, 3.8) is 0 Å². The summed E-state index contributed by atoms with van der Waals surface area (Å²) in [4.78, 5) is 25.8. The van der Waals surface area contributed by atoms with E-state index in [-0.39, 0.29) is 18.6 Å². The Labute approximate surface area is 192 Å². The van der Waals surface area contributed by atoms with Crippen molar-refractivity contribution in [2.75, 3.05) is 13.9 Å². The second kappa shape index (κ2) is 7.62. The van der Waals surface area contributed by atoms with Crippen LogP contribution in [0.3, 0.4) is 0 Å². The Hall–Kier alpha value is -4.33. The number of methoxy groups -OCH3 is 1. The maximum absolute atomic E-state index is 13.3. The molecule has 0 radical (unpaired) electrons. The minimum absolute atomic E-state index is 0.0400. The molecule has 3 heterocycles. The molecule has 8 heteroatoms. The minimum Gasteiger partial charge on any atom is -0.493 e. The van der Waals surface area contributed by atoms with Crippen molar-refractivity contribution in [1.29, 1.82) is 0 Å². The SMILES string of the molecule is COc1cc([C@@H]2CC(=O)Oc3ccc4c(=O)c(-c5ccc(F)cc5)coc4c32)cc2c1OCO2. The molecule has 0 fully saturated rings. The Balaban J connectivity index is 1.55. The van der Waals surface area contributed by atoms with E-state index in [1.807, 2.05) is 0 Å². The standard InChI is InChI=1S/C26H17FO7/c1-30-20-8-14(9-21-26(20)33-12-32-21)17-10-22(28)34-19-7-6-16-24(29)18(11-31-25(16)23(17)19)13-2-4-15(27)5-3-13/h2-9,11,17H,10,12H2,1H3/t17-/m0/s1. The fourth-order valence-electron chi connectivity index (χ4n) is 4.52. The van der Waals surface area contributed by atoms with E-state index in [2.05, 4.69) is 0 Å². The number of fused-ring (bicyclic) bond motifs is 4. The lowest BCUT2D eigenvalue weighted by molar-refractivity contribution is -0.135. The molecular weight excluding hydrogens is 443 g/mol. The maximum atomic E-state index is 13.3. The lowest BCUT2D eigenvalue weighted by Crippen LogP contribution is -2.22. The van der Waals surface area contributed by atoms with E-state index < -0.39 is 17.7 Å². The third-order valence-corrected chi connectivity index (χ3v) is 6.12. The molecule has 0 N–H and O–H groups in total. The number of hydrogen-bond donors (Lipinski definition) is 0. The van der Waals surface area contributed by atoms with Gasteiger partial charge in [-0.2, -0.15) is 0 Å². The molecule has 2 aliphatic heterocycles. The third kappa shape index (κ3) is 3.10. The van der Waals surface area contributed by atoms with Gasteiger partial charge in [-0.25, -0.2) is 4.39 Å². The maximum Gasteiger partial charge on any atom is 0.312 e. The van der Waals surface area contributed by atoms with Crippen LogP contribution in [0.1, 0.15) is 23.5 Å². The van der Waals surface area contributed by atoms with E-state index >= 15 is 0 Å². The predicted molar refractivity (Wildman–Crippen MR) is 119 cm³/mol. The van der Waals surface area contributed by atoms with Crippen molar-refractivity contribution >= 4 is 16.9 Å². The van der Waals surface area contributed by atoms with Crippen LogP contribution in [-0.4, -0.2) is 19.9 Å². The van der Waals surface area contributed by atoms with Gasteiger partial charge < -0.3 is 23.4 Å². The fraction of sp³-hybridized carbons (Fsp3) is 0.154. The molecule has 170 valence electrons. The van der Waals surface area contributed by atoms with Gasteiger partial charge in [-0.1, -0.05) is 12.1 Å². The van der Waals surface area contributed by atoms with Gasteiger partial charge in [0.2, 0.25) is 18.0 Å². The zero-order valence-electron chi connectivity index (χ0n) is 17.9. The van der Waals surface area contributed by atoms with Crippen molar-refractivity contribution in [3.8, 4) is 34.1 Å². The highest BCUT2D eigenvalue weighted by Gasteiger charge is 2.34. The van der Waals surface area contributed by atoms with Crippen molar-refractivity contribution < 1.29 is 32.5 Å². The number of esters is 1. The van der Waals surface area contributed by atoms with Crippen LogP contribution in [0.5, 0.6) is 23.0 Å². The van der Waals surface area contributed by atoms with E-state index in [0.717, 1.165) is 5.56 Å². The summed E-state index contributed by atoms with van der Waals surface area (Å²) in [5, 5.41) is 0.330. The first kappa shape index (κ1) is 20.3. The number of carbonyl (C=O) groups is 1. The van der Waals surface area contributed by atoms with Crippen LogP contribution in [-0.2, 0) is 4.79 Å². The molecule has 3 aromatic carbocycles. The smallest absolute Gasteiger partial charge is 0.312 e. The van der Waals surface area contributed by atoms with E-state index in [1.54, 1.807) is 24.3 Å². The molecule has 0 aliphatic carbocycles. The second-order valence-corrected chi connectivity index (χ2v) is 8.03. The van der Waals surface area contributed by atoms with Gasteiger partial charge in [0, 0.05) is 11.5 Å². The summed E-state index contributed by atoms with van der Waals surface area (Å²) in [6, 6.07) is 12.4. The number of benzene rings is 3. The summed E-state index contributed by atoms with van der Waals surface area (Å²) < 4.78 is 41.3. The quantitative estimate of drug-likeness (QED) is 0.321. The average molecular weight is 460 g/mol. The lowest BCUT2D eigenvalue weighted by atomic mass is 9.85. The van der Waals surface area contributed by atoms with Crippen molar-refractivity contribution in [2.45, 2.75) is 12.3 Å². The van der Waals surface area contributed by atoms with Gasteiger partial charge in [0.05, 0.1) is 24.5 Å². The molecule has 1 atom stereocenters. The summed E-state index contributed by atoms with van der Waals surface area (Å²) in [6.45, 7) is 0.0718. The number of halogens is 1. The molecule has 0 saturated heterocycles. The largest absolute Gasteiger partial charge is 0.493 e. The highest BCUT2D eigenvalue weighted by Crippen LogP contribution is 2.48. The Morgan fingerprint density at radius 3 is 2.62 bits per heavy atom. The molecule has 0 amide bonds. The molecule has 34 heavy (non-hydrogen) atoms. The summed E-state index contributed by atoms with van der Waals surface area (Å²) in [6.07, 6.45) is 1.39. The molecule has 4 aromatic rings. The van der Waals surface area contributed by atoms with Gasteiger partial charge >= 0.3 is 5.97 Å². The molecule has 0 bridgehead atoms. The van der Waals surface area contributed by atoms with Gasteiger partial charge in [-0.3, -0.25) is 9.59 Å². The van der Waals surface area contributed by atoms with Gasteiger partial charge in [0.15, 0.2) is 11.5 Å². The first-order valence-electron chi connectivity index (χ1n) is 10.6. The van der Waals surface area contributed by atoms with Crippen LogP contribution < -0.4 is 24.4 Å². The monoisotopic (exact) mass is 460 g/mol. The summed E-state index contributed by atoms with van der Waals surface area (Å²) >= 11 is 0. The number of carbonyl (C=O) groups excluding carboxylic acids is 1. The van der Waals surface area contributed by atoms with Gasteiger partial charge in [0.1, 0.15) is 23.4 Å². The molecule has 7 nitrogen and oxygen atoms in total. The molecule has 0 spiro atoms. The van der Waals surface area contributed by atoms with E-state index in [9.17, 15) is 14.0 Å². The van der Waals surface area contributed by atoms with Crippen molar-refractivity contribution in [3.05, 3.63) is 82.0 Å². The summed E-state index contributed by atoms with van der Waals surface area (Å²) in [5.74, 6) is 0.538. The van der Waals surface area contributed by atoms with Crippen molar-refractivity contribution in [1.82, 2.24) is 0 Å². The summed E-state index contributed by atoms with van der Waals surface area (Å²) in [5.41, 5.74) is 2.22. The Kier molecular flexibility index (Phi) is 4.55. The topological polar surface area (TPSA) is 84.2 Å². The van der Waals surface area contributed by atoms with E-state index in [0.29, 0.717) is 50.7 Å². The van der Waals surface area contributed by atoms with Crippen molar-refractivity contribution in [2.24, 2.45) is 0 Å². The van der Waals surface area contributed by atoms with Crippen LogP contribution in [0.4, 0.5) is 4.39 Å². The van der Waals surface area contributed by atoms with Gasteiger partial charge in [0.25, 0.3) is 0 Å². The first-order chi connectivity index (χ1) is 16.5. The average Bonchev–Trinajstić information content (AvgIpc) is 3.32. The lowest BCUT2D eigenvalue weighted by Gasteiger charge is -2.26. The molecular formula is C26H17FO7. The van der Waals surface area contributed by atoms with Crippen LogP contribution in [0.15, 0.2) is 64.0 Å². The van der Waals surface area contributed by atoms with Crippen LogP contribution in [0, 0.1) is 5.82 Å². The van der Waals surface area contributed by atoms with Crippen LogP contribution >= 0.6 is 0 Å². The zero-order chi connectivity index (χ0) is 23.4.